The van der Waals surface area contributed by atoms with Gasteiger partial charge in [-0.2, -0.15) is 4.99 Å². The molecule has 1 atom stereocenters. The van der Waals surface area contributed by atoms with Crippen molar-refractivity contribution in [2.24, 2.45) is 10.7 Å². The summed E-state index contributed by atoms with van der Waals surface area (Å²) in [5.74, 6) is 0.340. The monoisotopic (exact) mass is 267 g/mol. The van der Waals surface area contributed by atoms with Crippen molar-refractivity contribution >= 4 is 33.5 Å². The largest absolute Gasteiger partial charge is 0.386 e. The molecule has 0 spiro atoms. The zero-order chi connectivity index (χ0) is 10.8. The molecule has 1 aromatic rings. The number of alkyl halides is 1. The van der Waals surface area contributed by atoms with E-state index in [1.165, 1.54) is 0 Å². The van der Waals surface area contributed by atoms with Crippen molar-refractivity contribution < 1.29 is 4.79 Å². The zero-order valence-electron chi connectivity index (χ0n) is 7.93. The van der Waals surface area contributed by atoms with Crippen LogP contribution in [0.5, 0.6) is 0 Å². The van der Waals surface area contributed by atoms with E-state index in [2.05, 4.69) is 20.9 Å². The molecule has 1 unspecified atom stereocenters. The van der Waals surface area contributed by atoms with Crippen molar-refractivity contribution in [3.05, 3.63) is 30.3 Å². The maximum atomic E-state index is 11.6. The summed E-state index contributed by atoms with van der Waals surface area (Å²) in [6, 6.07) is 9.10. The minimum atomic E-state index is -0.311. The van der Waals surface area contributed by atoms with Gasteiger partial charge in [0.05, 0.1) is 4.83 Å². The first kappa shape index (κ1) is 10.2. The molecule has 78 valence electrons. The second kappa shape index (κ2) is 4.02. The highest BCUT2D eigenvalue weighted by Crippen LogP contribution is 2.19. The highest BCUT2D eigenvalue weighted by atomic mass is 79.9. The molecule has 4 nitrogen and oxygen atoms in total. The van der Waals surface area contributed by atoms with Crippen LogP contribution in [0.1, 0.15) is 0 Å². The van der Waals surface area contributed by atoms with E-state index in [-0.39, 0.29) is 10.9 Å². The van der Waals surface area contributed by atoms with E-state index in [1.807, 2.05) is 30.3 Å². The lowest BCUT2D eigenvalue weighted by molar-refractivity contribution is 0.253. The van der Waals surface area contributed by atoms with Crippen LogP contribution in [0, 0.1) is 0 Å². The standard InChI is InChI=1S/C10H10BrN3O/c11-8-6-14(10(15)13-9(8)12)7-4-2-1-3-5-7/h1-5,8H,6H2,(H2,12,13,15). The summed E-state index contributed by atoms with van der Waals surface area (Å²) in [5.41, 5.74) is 6.40. The van der Waals surface area contributed by atoms with Gasteiger partial charge in [0.1, 0.15) is 5.84 Å². The van der Waals surface area contributed by atoms with Crippen molar-refractivity contribution in [2.75, 3.05) is 11.4 Å². The summed E-state index contributed by atoms with van der Waals surface area (Å²) in [4.78, 5) is 16.9. The normalized spacial score (nSPS) is 21.4. The number of rotatable bonds is 1. The molecule has 2 amide bonds. The number of hydrogen-bond acceptors (Lipinski definition) is 2. The zero-order valence-corrected chi connectivity index (χ0v) is 9.52. The van der Waals surface area contributed by atoms with Crippen LogP contribution in [0.25, 0.3) is 0 Å². The Hall–Kier alpha value is -1.36. The van der Waals surface area contributed by atoms with Gasteiger partial charge >= 0.3 is 6.03 Å². The SMILES string of the molecule is NC1=NC(=O)N(c2ccccc2)CC1Br. The third-order valence-electron chi connectivity index (χ3n) is 2.19. The summed E-state index contributed by atoms with van der Waals surface area (Å²) >= 11 is 3.37. The minimum absolute atomic E-state index is 0.0737. The molecule has 0 saturated carbocycles. The van der Waals surface area contributed by atoms with Crippen LogP contribution in [0.3, 0.4) is 0 Å². The second-order valence-electron chi connectivity index (χ2n) is 3.23. The number of amidine groups is 1. The Labute approximate surface area is 95.9 Å². The third-order valence-corrected chi connectivity index (χ3v) is 2.95. The van der Waals surface area contributed by atoms with E-state index < -0.39 is 0 Å². The first-order valence-electron chi connectivity index (χ1n) is 4.53. The predicted octanol–water partition coefficient (Wildman–Crippen LogP) is 1.75. The molecular formula is C10H10BrN3O. The first-order valence-corrected chi connectivity index (χ1v) is 5.44. The Morgan fingerprint density at radius 2 is 2.07 bits per heavy atom. The van der Waals surface area contributed by atoms with E-state index in [4.69, 9.17) is 5.73 Å². The van der Waals surface area contributed by atoms with Crippen LogP contribution in [0.15, 0.2) is 35.3 Å². The highest BCUT2D eigenvalue weighted by molar-refractivity contribution is 9.10. The number of hydrogen-bond donors (Lipinski definition) is 1. The molecule has 5 heteroatoms. The summed E-state index contributed by atoms with van der Waals surface area (Å²) in [6.45, 7) is 0.512. The maximum Gasteiger partial charge on any atom is 0.349 e. The number of nitrogens with two attached hydrogens (primary N) is 1. The smallest absolute Gasteiger partial charge is 0.349 e. The van der Waals surface area contributed by atoms with E-state index >= 15 is 0 Å². The lowest BCUT2D eigenvalue weighted by atomic mass is 10.2. The van der Waals surface area contributed by atoms with Crippen molar-refractivity contribution in [3.8, 4) is 0 Å². The van der Waals surface area contributed by atoms with Gasteiger partial charge in [0.2, 0.25) is 0 Å². The van der Waals surface area contributed by atoms with Crippen molar-refractivity contribution in [1.82, 2.24) is 0 Å². The van der Waals surface area contributed by atoms with Crippen molar-refractivity contribution in [1.29, 1.82) is 0 Å². The molecule has 0 aromatic heterocycles. The molecule has 2 rings (SSSR count). The fourth-order valence-electron chi connectivity index (χ4n) is 1.40. The Morgan fingerprint density at radius 3 is 2.73 bits per heavy atom. The lowest BCUT2D eigenvalue weighted by Gasteiger charge is -2.27. The number of carbonyl (C=O) groups is 1. The van der Waals surface area contributed by atoms with Crippen LogP contribution >= 0.6 is 15.9 Å². The summed E-state index contributed by atoms with van der Waals surface area (Å²) in [7, 11) is 0. The molecule has 1 aliphatic rings. The maximum absolute atomic E-state index is 11.6. The number of amides is 2. The average Bonchev–Trinajstić information content (AvgIpc) is 2.25. The minimum Gasteiger partial charge on any atom is -0.386 e. The lowest BCUT2D eigenvalue weighted by Crippen LogP contribution is -2.45. The number of anilines is 1. The third kappa shape index (κ3) is 2.02. The van der Waals surface area contributed by atoms with Crippen LogP contribution in [-0.4, -0.2) is 23.2 Å². The van der Waals surface area contributed by atoms with Gasteiger partial charge in [-0.3, -0.25) is 4.90 Å². The van der Waals surface area contributed by atoms with E-state index in [1.54, 1.807) is 4.90 Å². The molecular weight excluding hydrogens is 258 g/mol. The molecule has 0 fully saturated rings. The van der Waals surface area contributed by atoms with Gasteiger partial charge in [-0.05, 0) is 12.1 Å². The van der Waals surface area contributed by atoms with E-state index in [9.17, 15) is 4.79 Å². The van der Waals surface area contributed by atoms with E-state index in [0.717, 1.165) is 5.69 Å². The molecule has 0 saturated heterocycles. The van der Waals surface area contributed by atoms with Crippen LogP contribution in [-0.2, 0) is 0 Å². The molecule has 1 aliphatic heterocycles. The molecule has 1 aromatic carbocycles. The van der Waals surface area contributed by atoms with Gasteiger partial charge in [-0.25, -0.2) is 4.79 Å². The number of benzene rings is 1. The molecule has 1 heterocycles. The number of carbonyl (C=O) groups excluding carboxylic acids is 1. The van der Waals surface area contributed by atoms with Gasteiger partial charge in [0, 0.05) is 12.2 Å². The second-order valence-corrected chi connectivity index (χ2v) is 4.34. The molecule has 0 aliphatic carbocycles. The molecule has 0 bridgehead atoms. The molecule has 0 radical (unpaired) electrons. The summed E-state index contributed by atoms with van der Waals surface area (Å²) in [6.07, 6.45) is 0. The van der Waals surface area contributed by atoms with Crippen molar-refractivity contribution in [2.45, 2.75) is 4.83 Å². The fourth-order valence-corrected chi connectivity index (χ4v) is 1.79. The van der Waals surface area contributed by atoms with Gasteiger partial charge in [0.25, 0.3) is 0 Å². The van der Waals surface area contributed by atoms with Crippen LogP contribution in [0.4, 0.5) is 10.5 Å². The number of halogens is 1. The van der Waals surface area contributed by atoms with Gasteiger partial charge in [0.15, 0.2) is 0 Å². The Bertz CT molecular complexity index is 404. The highest BCUT2D eigenvalue weighted by Gasteiger charge is 2.26. The van der Waals surface area contributed by atoms with Gasteiger partial charge in [-0.15, -0.1) is 0 Å². The number of urea groups is 1. The number of nitrogens with zero attached hydrogens (tertiary/aromatic N) is 2. The fraction of sp³-hybridized carbons (Fsp3) is 0.200. The number of para-hydroxylation sites is 1. The van der Waals surface area contributed by atoms with Crippen molar-refractivity contribution in [3.63, 3.8) is 0 Å². The van der Waals surface area contributed by atoms with Crippen LogP contribution in [0.2, 0.25) is 0 Å². The summed E-state index contributed by atoms with van der Waals surface area (Å²) < 4.78 is 0. The Kier molecular flexibility index (Phi) is 2.73. The average molecular weight is 268 g/mol. The van der Waals surface area contributed by atoms with Gasteiger partial charge < -0.3 is 5.73 Å². The number of aliphatic imine (C=N–C) groups is 1. The first-order chi connectivity index (χ1) is 7.18. The quantitative estimate of drug-likeness (QED) is 0.789. The topological polar surface area (TPSA) is 58.7 Å². The van der Waals surface area contributed by atoms with Gasteiger partial charge in [-0.1, -0.05) is 34.1 Å². The molecule has 15 heavy (non-hydrogen) atoms. The van der Waals surface area contributed by atoms with E-state index in [0.29, 0.717) is 12.4 Å². The molecule has 2 N–H and O–H groups in total. The summed E-state index contributed by atoms with van der Waals surface area (Å²) in [5, 5.41) is 0. The predicted molar refractivity (Wildman–Crippen MR) is 63.5 cm³/mol. The Morgan fingerprint density at radius 1 is 1.40 bits per heavy atom. The Balaban J connectivity index is 2.30. The van der Waals surface area contributed by atoms with Crippen LogP contribution < -0.4 is 10.6 Å².